The number of benzene rings is 1. The largest absolute Gasteiger partial charge is 0.496 e. The van der Waals surface area contributed by atoms with Crippen molar-refractivity contribution in [2.45, 2.75) is 6.54 Å². The van der Waals surface area contributed by atoms with Crippen molar-refractivity contribution in [1.82, 2.24) is 14.5 Å². The molecule has 20 heavy (non-hydrogen) atoms. The van der Waals surface area contributed by atoms with Gasteiger partial charge in [0, 0.05) is 19.4 Å². The summed E-state index contributed by atoms with van der Waals surface area (Å²) in [6.07, 6.45) is 3.65. The second kappa shape index (κ2) is 6.34. The van der Waals surface area contributed by atoms with E-state index < -0.39 is 0 Å². The number of carbonyl (C=O) groups is 1. The Hall–Kier alpha value is -2.14. The number of aromatic nitrogens is 2. The van der Waals surface area contributed by atoms with Crippen molar-refractivity contribution in [3.63, 3.8) is 0 Å². The molecule has 0 amide bonds. The summed E-state index contributed by atoms with van der Waals surface area (Å²) in [7, 11) is 5.42. The second-order valence-electron chi connectivity index (χ2n) is 4.75. The lowest BCUT2D eigenvalue weighted by molar-refractivity contribution is 0.0938. The number of methoxy groups -OCH3 is 1. The Balaban J connectivity index is 2.02. The van der Waals surface area contributed by atoms with Crippen LogP contribution in [0.3, 0.4) is 0 Å². The molecule has 0 N–H and O–H groups in total. The molecule has 0 bridgehead atoms. The zero-order chi connectivity index (χ0) is 14.5. The Morgan fingerprint density at radius 2 is 2.15 bits per heavy atom. The molecule has 0 saturated heterocycles. The van der Waals surface area contributed by atoms with E-state index in [0.717, 1.165) is 5.82 Å². The van der Waals surface area contributed by atoms with Crippen molar-refractivity contribution >= 4 is 5.78 Å². The highest BCUT2D eigenvalue weighted by Gasteiger charge is 2.14. The van der Waals surface area contributed by atoms with Crippen LogP contribution in [-0.2, 0) is 13.6 Å². The fraction of sp³-hybridized carbons (Fsp3) is 0.333. The van der Waals surface area contributed by atoms with Gasteiger partial charge in [-0.3, -0.25) is 9.69 Å². The summed E-state index contributed by atoms with van der Waals surface area (Å²) in [6, 6.07) is 7.28. The second-order valence-corrected chi connectivity index (χ2v) is 4.75. The molecule has 2 aromatic rings. The summed E-state index contributed by atoms with van der Waals surface area (Å²) < 4.78 is 7.17. The minimum Gasteiger partial charge on any atom is -0.496 e. The highest BCUT2D eigenvalue weighted by Crippen LogP contribution is 2.18. The molecular weight excluding hydrogens is 254 g/mol. The molecule has 5 nitrogen and oxygen atoms in total. The van der Waals surface area contributed by atoms with E-state index in [1.54, 1.807) is 25.4 Å². The molecule has 0 fully saturated rings. The van der Waals surface area contributed by atoms with Crippen molar-refractivity contribution < 1.29 is 9.53 Å². The van der Waals surface area contributed by atoms with E-state index in [2.05, 4.69) is 4.98 Å². The molecular formula is C15H19N3O2. The van der Waals surface area contributed by atoms with Crippen LogP contribution in [0.25, 0.3) is 0 Å². The molecule has 1 heterocycles. The summed E-state index contributed by atoms with van der Waals surface area (Å²) in [4.78, 5) is 18.5. The minimum absolute atomic E-state index is 0.0409. The summed E-state index contributed by atoms with van der Waals surface area (Å²) in [5.74, 6) is 1.59. The molecule has 5 heteroatoms. The molecule has 0 spiro atoms. The fourth-order valence-corrected chi connectivity index (χ4v) is 2.05. The van der Waals surface area contributed by atoms with E-state index in [9.17, 15) is 4.79 Å². The van der Waals surface area contributed by atoms with Crippen LogP contribution < -0.4 is 4.74 Å². The number of likely N-dealkylation sites (N-methyl/N-ethyl adjacent to an activating group) is 1. The third kappa shape index (κ3) is 3.24. The van der Waals surface area contributed by atoms with E-state index in [1.165, 1.54) is 0 Å². The van der Waals surface area contributed by atoms with Gasteiger partial charge in [-0.15, -0.1) is 0 Å². The lowest BCUT2D eigenvalue weighted by Crippen LogP contribution is -2.27. The molecule has 1 aromatic carbocycles. The van der Waals surface area contributed by atoms with Gasteiger partial charge in [0.2, 0.25) is 0 Å². The van der Waals surface area contributed by atoms with E-state index in [4.69, 9.17) is 4.74 Å². The number of hydrogen-bond donors (Lipinski definition) is 0. The molecule has 0 aliphatic carbocycles. The molecule has 2 rings (SSSR count). The third-order valence-corrected chi connectivity index (χ3v) is 3.15. The smallest absolute Gasteiger partial charge is 0.180 e. The Morgan fingerprint density at radius 1 is 1.40 bits per heavy atom. The Morgan fingerprint density at radius 3 is 2.80 bits per heavy atom. The van der Waals surface area contributed by atoms with Gasteiger partial charge < -0.3 is 9.30 Å². The number of nitrogens with zero attached hydrogens (tertiary/aromatic N) is 3. The predicted molar refractivity (Wildman–Crippen MR) is 76.9 cm³/mol. The number of rotatable bonds is 6. The van der Waals surface area contributed by atoms with E-state index in [0.29, 0.717) is 24.4 Å². The molecule has 0 aliphatic rings. The predicted octanol–water partition coefficient (Wildman–Crippen LogP) is 1.74. The lowest BCUT2D eigenvalue weighted by Gasteiger charge is -2.16. The van der Waals surface area contributed by atoms with Crippen molar-refractivity contribution in [2.75, 3.05) is 20.7 Å². The van der Waals surface area contributed by atoms with Crippen molar-refractivity contribution in [3.05, 3.63) is 48.0 Å². The molecule has 0 unspecified atom stereocenters. The topological polar surface area (TPSA) is 47.4 Å². The van der Waals surface area contributed by atoms with Crippen molar-refractivity contribution in [1.29, 1.82) is 0 Å². The average molecular weight is 273 g/mol. The number of para-hydroxylation sites is 1. The maximum absolute atomic E-state index is 12.3. The number of imidazole rings is 1. The fourth-order valence-electron chi connectivity index (χ4n) is 2.05. The monoisotopic (exact) mass is 273 g/mol. The summed E-state index contributed by atoms with van der Waals surface area (Å²) in [5.41, 5.74) is 0.613. The minimum atomic E-state index is 0.0409. The maximum atomic E-state index is 12.3. The summed E-state index contributed by atoms with van der Waals surface area (Å²) in [6.45, 7) is 0.956. The summed E-state index contributed by atoms with van der Waals surface area (Å²) >= 11 is 0. The van der Waals surface area contributed by atoms with Crippen LogP contribution in [-0.4, -0.2) is 40.9 Å². The van der Waals surface area contributed by atoms with Crippen molar-refractivity contribution in [2.24, 2.45) is 7.05 Å². The number of hydrogen-bond acceptors (Lipinski definition) is 4. The first-order chi connectivity index (χ1) is 9.61. The van der Waals surface area contributed by atoms with Gasteiger partial charge in [0.25, 0.3) is 0 Å². The van der Waals surface area contributed by atoms with Gasteiger partial charge in [-0.25, -0.2) is 4.98 Å². The standard InChI is InChI=1S/C15H19N3O2/c1-17(11-15-16-8-9-18(15)2)10-13(19)12-6-4-5-7-14(12)20-3/h4-9H,10-11H2,1-3H3. The van der Waals surface area contributed by atoms with Crippen LogP contribution in [0.5, 0.6) is 5.75 Å². The Bertz CT molecular complexity index is 592. The van der Waals surface area contributed by atoms with Crippen molar-refractivity contribution in [3.8, 4) is 5.75 Å². The quantitative estimate of drug-likeness (QED) is 0.752. The van der Waals surface area contributed by atoms with Gasteiger partial charge in [0.15, 0.2) is 5.78 Å². The first-order valence-corrected chi connectivity index (χ1v) is 6.42. The highest BCUT2D eigenvalue weighted by molar-refractivity contribution is 6.00. The van der Waals surface area contributed by atoms with Crippen LogP contribution >= 0.6 is 0 Å². The summed E-state index contributed by atoms with van der Waals surface area (Å²) in [5, 5.41) is 0. The van der Waals surface area contributed by atoms with Gasteiger partial charge >= 0.3 is 0 Å². The zero-order valence-corrected chi connectivity index (χ0v) is 12.0. The van der Waals surface area contributed by atoms with E-state index in [-0.39, 0.29) is 5.78 Å². The Kier molecular flexibility index (Phi) is 4.53. The highest BCUT2D eigenvalue weighted by atomic mass is 16.5. The number of ether oxygens (including phenoxy) is 1. The first-order valence-electron chi connectivity index (χ1n) is 6.42. The average Bonchev–Trinajstić information content (AvgIpc) is 2.84. The van der Waals surface area contributed by atoms with Crippen LogP contribution in [0.2, 0.25) is 0 Å². The number of carbonyl (C=O) groups excluding carboxylic acids is 1. The molecule has 0 saturated carbocycles. The van der Waals surface area contributed by atoms with Gasteiger partial charge in [0.05, 0.1) is 25.8 Å². The molecule has 1 aromatic heterocycles. The molecule has 0 atom stereocenters. The van der Waals surface area contributed by atoms with Gasteiger partial charge in [-0.1, -0.05) is 12.1 Å². The van der Waals surface area contributed by atoms with Gasteiger partial charge in [-0.2, -0.15) is 0 Å². The molecule has 0 radical (unpaired) electrons. The van der Waals surface area contributed by atoms with Crippen LogP contribution in [0.4, 0.5) is 0 Å². The number of ketones is 1. The third-order valence-electron chi connectivity index (χ3n) is 3.15. The maximum Gasteiger partial charge on any atom is 0.180 e. The number of aryl methyl sites for hydroxylation is 1. The SMILES string of the molecule is COc1ccccc1C(=O)CN(C)Cc1nccn1C. The molecule has 106 valence electrons. The zero-order valence-electron chi connectivity index (χ0n) is 12.0. The van der Waals surface area contributed by atoms with E-state index in [1.807, 2.05) is 41.9 Å². The molecule has 0 aliphatic heterocycles. The number of Topliss-reactive ketones (excluding diaryl/α,β-unsaturated/α-hetero) is 1. The normalized spacial score (nSPS) is 10.8. The van der Waals surface area contributed by atoms with Crippen LogP contribution in [0.15, 0.2) is 36.7 Å². The van der Waals surface area contributed by atoms with Gasteiger partial charge in [-0.05, 0) is 19.2 Å². The van der Waals surface area contributed by atoms with Crippen LogP contribution in [0.1, 0.15) is 16.2 Å². The lowest BCUT2D eigenvalue weighted by atomic mass is 10.1. The Labute approximate surface area is 118 Å². The van der Waals surface area contributed by atoms with Crippen LogP contribution in [0, 0.1) is 0 Å². The first kappa shape index (κ1) is 14.3. The van der Waals surface area contributed by atoms with Gasteiger partial charge in [0.1, 0.15) is 11.6 Å². The van der Waals surface area contributed by atoms with E-state index >= 15 is 0 Å².